The average Bonchev–Trinajstić information content (AvgIpc) is 3.18. The summed E-state index contributed by atoms with van der Waals surface area (Å²) < 4.78 is 27.5. The Kier molecular flexibility index (Phi) is 48.2. The molecule has 0 aromatic carbocycles. The topological polar surface area (TPSA) is 177 Å². The van der Waals surface area contributed by atoms with Crippen LogP contribution in [0.3, 0.4) is 0 Å². The number of Topliss-reactive ketones (excluding diaryl/α,β-unsaturated/α-hetero) is 1. The Morgan fingerprint density at radius 2 is 1.07 bits per heavy atom. The summed E-state index contributed by atoms with van der Waals surface area (Å²) in [5.74, 6) is -0.306. The number of nitrogens with one attached hydrogen (secondary N) is 2. The van der Waals surface area contributed by atoms with Gasteiger partial charge in [0, 0.05) is 87.0 Å². The van der Waals surface area contributed by atoms with Crippen LogP contribution in [0.25, 0.3) is 0 Å². The minimum Gasteiger partial charge on any atom is -0.467 e. The van der Waals surface area contributed by atoms with E-state index in [1.807, 2.05) is 64.1 Å². The zero-order chi connectivity index (χ0) is 42.8. The molecule has 57 heavy (non-hydrogen) atoms. The Hall–Kier alpha value is -3.24. The third-order valence-electron chi connectivity index (χ3n) is 6.94. The molecule has 15 nitrogen and oxygen atoms in total. The Labute approximate surface area is 355 Å². The van der Waals surface area contributed by atoms with Gasteiger partial charge in [0.2, 0.25) is 11.8 Å². The molecule has 0 fully saturated rings. The van der Waals surface area contributed by atoms with Crippen molar-refractivity contribution in [1.82, 2.24) is 25.5 Å². The van der Waals surface area contributed by atoms with E-state index in [1.54, 1.807) is 26.6 Å². The van der Waals surface area contributed by atoms with E-state index in [-0.39, 0.29) is 62.9 Å². The summed E-state index contributed by atoms with van der Waals surface area (Å²) in [5, 5.41) is 5.45. The van der Waals surface area contributed by atoms with Gasteiger partial charge in [0.25, 0.3) is 0 Å². The van der Waals surface area contributed by atoms with Gasteiger partial charge in [-0.2, -0.15) is 0 Å². The van der Waals surface area contributed by atoms with Crippen LogP contribution < -0.4 is 10.6 Å². The first-order chi connectivity index (χ1) is 26.8. The second kappa shape index (κ2) is 45.5. The molecule has 0 aliphatic heterocycles. The van der Waals surface area contributed by atoms with Crippen molar-refractivity contribution in [3.05, 3.63) is 60.2 Å². The number of pyridine rings is 2. The number of aromatic nitrogens is 2. The standard InChI is InChI=1S/C22H30N4O3.C7H15NO2.C4H8O3.2C4H10O.Zn/c1-29-18-22(28)25-14-6-10-21(27)11-7-15-26(16-19-8-2-4-12-23-19)17-20-9-3-5-13-24-20;1-3-4-5-8-7(9)6-10-2;1-6-3-4(5)7-2;2*1-4(2)5-3;/h2-5,8-9,12-13H,6-7,10-11,14-18H2,1H3,(H,25,28);3-6H2,1-2H3,(H,8,9);3H2,1-2H3;2*4H,1-3H3;/q;;;;;+2. The molecule has 0 atom stereocenters. The molecule has 0 unspecified atom stereocenters. The molecule has 2 N–H and O–H groups in total. The van der Waals surface area contributed by atoms with E-state index < -0.39 is 0 Å². The molecule has 2 aromatic heterocycles. The Morgan fingerprint density at radius 1 is 0.649 bits per heavy atom. The predicted octanol–water partition coefficient (Wildman–Crippen LogP) is 4.81. The average molecular weight is 861 g/mol. The first-order valence-corrected chi connectivity index (χ1v) is 19.0. The van der Waals surface area contributed by atoms with E-state index in [0.717, 1.165) is 56.8 Å². The summed E-state index contributed by atoms with van der Waals surface area (Å²) in [6, 6.07) is 11.8. The molecule has 0 aliphatic carbocycles. The van der Waals surface area contributed by atoms with Crippen LogP contribution in [-0.2, 0) is 80.2 Å². The second-order valence-corrected chi connectivity index (χ2v) is 12.6. The van der Waals surface area contributed by atoms with Gasteiger partial charge in [-0.1, -0.05) is 25.5 Å². The van der Waals surface area contributed by atoms with Gasteiger partial charge < -0.3 is 39.1 Å². The summed E-state index contributed by atoms with van der Waals surface area (Å²) in [5.41, 5.74) is 2.00. The third kappa shape index (κ3) is 47.0. The van der Waals surface area contributed by atoms with Crippen LogP contribution in [0.15, 0.2) is 48.8 Å². The van der Waals surface area contributed by atoms with Crippen LogP contribution >= 0.6 is 0 Å². The van der Waals surface area contributed by atoms with Crippen LogP contribution in [0, 0.1) is 0 Å². The van der Waals surface area contributed by atoms with Gasteiger partial charge in [-0.25, -0.2) is 4.79 Å². The van der Waals surface area contributed by atoms with Crippen molar-refractivity contribution in [2.75, 3.05) is 82.1 Å². The number of hydrogen-bond donors (Lipinski definition) is 2. The van der Waals surface area contributed by atoms with Crippen molar-refractivity contribution >= 4 is 23.6 Å². The number of unbranched alkanes of at least 4 members (excludes halogenated alkanes) is 1. The number of ether oxygens (including phenoxy) is 6. The Bertz CT molecular complexity index is 1150. The van der Waals surface area contributed by atoms with Gasteiger partial charge in [0.05, 0.1) is 30.7 Å². The maximum Gasteiger partial charge on any atom is 2.00 e. The molecule has 2 rings (SSSR count). The van der Waals surface area contributed by atoms with Gasteiger partial charge in [-0.05, 0) is 77.8 Å². The number of methoxy groups -OCH3 is 6. The molecule has 2 amide bonds. The van der Waals surface area contributed by atoms with E-state index >= 15 is 0 Å². The molecular weight excluding hydrogens is 788 g/mol. The smallest absolute Gasteiger partial charge is 0.467 e. The minimum atomic E-state index is -0.345. The summed E-state index contributed by atoms with van der Waals surface area (Å²) in [4.78, 5) is 55.3. The summed E-state index contributed by atoms with van der Waals surface area (Å²) >= 11 is 0. The number of rotatable bonds is 23. The zero-order valence-corrected chi connectivity index (χ0v) is 39.8. The molecule has 2 aromatic rings. The number of carbonyl (C=O) groups is 4. The minimum absolute atomic E-state index is 0. The fraction of sp³-hybridized carbons (Fsp3) is 0.659. The van der Waals surface area contributed by atoms with E-state index in [9.17, 15) is 19.2 Å². The number of ketones is 1. The normalized spacial score (nSPS) is 9.86. The molecular formula is C41H73N5O10Zn+2. The number of carbonyl (C=O) groups excluding carboxylic acids is 4. The fourth-order valence-electron chi connectivity index (χ4n) is 3.74. The van der Waals surface area contributed by atoms with Crippen molar-refractivity contribution in [3.63, 3.8) is 0 Å². The van der Waals surface area contributed by atoms with Crippen LogP contribution in [0.1, 0.15) is 84.5 Å². The van der Waals surface area contributed by atoms with Crippen molar-refractivity contribution < 1.29 is 67.1 Å². The second-order valence-electron chi connectivity index (χ2n) is 12.6. The van der Waals surface area contributed by atoms with E-state index in [2.05, 4.69) is 46.6 Å². The molecule has 16 heteroatoms. The largest absolute Gasteiger partial charge is 2.00 e. The maximum absolute atomic E-state index is 12.1. The number of amides is 2. The van der Waals surface area contributed by atoms with Gasteiger partial charge >= 0.3 is 25.4 Å². The van der Waals surface area contributed by atoms with E-state index in [0.29, 0.717) is 38.0 Å². The van der Waals surface area contributed by atoms with Crippen molar-refractivity contribution in [2.24, 2.45) is 0 Å². The fourth-order valence-corrected chi connectivity index (χ4v) is 3.74. The van der Waals surface area contributed by atoms with Gasteiger partial charge in [0.15, 0.2) is 0 Å². The summed E-state index contributed by atoms with van der Waals surface area (Å²) in [7, 11) is 9.15. The molecule has 0 radical (unpaired) electrons. The first-order valence-electron chi connectivity index (χ1n) is 19.0. The van der Waals surface area contributed by atoms with Crippen molar-refractivity contribution in [1.29, 1.82) is 0 Å². The number of esters is 1. The number of nitrogens with zero attached hydrogens (tertiary/aromatic N) is 3. The SMILES string of the molecule is CCCCNC(=O)COC.COC(C)C.COC(C)C.COCC(=O)NCCCC(=O)CCCN(Cc1ccccn1)Cc1ccccn1.COCC(=O)OC.[Zn+2]. The molecule has 322 valence electrons. The van der Waals surface area contributed by atoms with Crippen LogP contribution in [-0.4, -0.2) is 133 Å². The maximum atomic E-state index is 12.1. The van der Waals surface area contributed by atoms with Crippen molar-refractivity contribution in [3.8, 4) is 0 Å². The molecule has 0 bridgehead atoms. The molecule has 0 aliphatic rings. The zero-order valence-electron chi connectivity index (χ0n) is 36.8. The molecule has 2 heterocycles. The van der Waals surface area contributed by atoms with Crippen LogP contribution in [0.4, 0.5) is 0 Å². The van der Waals surface area contributed by atoms with Crippen LogP contribution in [0.2, 0.25) is 0 Å². The quantitative estimate of drug-likeness (QED) is 0.0886. The first kappa shape index (κ1) is 60.4. The molecule has 0 saturated carbocycles. The van der Waals surface area contributed by atoms with Gasteiger partial charge in [0.1, 0.15) is 25.6 Å². The Morgan fingerprint density at radius 3 is 1.40 bits per heavy atom. The van der Waals surface area contributed by atoms with Gasteiger partial charge in [-0.15, -0.1) is 0 Å². The van der Waals surface area contributed by atoms with E-state index in [4.69, 9.17) is 14.2 Å². The monoisotopic (exact) mass is 859 g/mol. The number of hydrogen-bond acceptors (Lipinski definition) is 13. The van der Waals surface area contributed by atoms with Crippen LogP contribution in [0.5, 0.6) is 0 Å². The van der Waals surface area contributed by atoms with E-state index in [1.165, 1.54) is 28.4 Å². The summed E-state index contributed by atoms with van der Waals surface area (Å²) in [6.07, 6.45) is 8.95. The summed E-state index contributed by atoms with van der Waals surface area (Å²) in [6.45, 7) is 13.8. The predicted molar refractivity (Wildman–Crippen MR) is 219 cm³/mol. The molecule has 0 saturated heterocycles. The molecule has 0 spiro atoms. The van der Waals surface area contributed by atoms with Gasteiger partial charge in [-0.3, -0.25) is 29.3 Å². The Balaban J connectivity index is -0.000000407. The van der Waals surface area contributed by atoms with Crippen molar-refractivity contribution in [2.45, 2.75) is 98.4 Å². The third-order valence-corrected chi connectivity index (χ3v) is 6.94.